The summed E-state index contributed by atoms with van der Waals surface area (Å²) in [7, 11) is 0. The summed E-state index contributed by atoms with van der Waals surface area (Å²) < 4.78 is 6.09. The maximum atomic E-state index is 6.27. The number of benzene rings is 4. The molecule has 0 radical (unpaired) electrons. The van der Waals surface area contributed by atoms with Gasteiger partial charge in [-0.25, -0.2) is 0 Å². The predicted molar refractivity (Wildman–Crippen MR) is 133 cm³/mol. The van der Waals surface area contributed by atoms with Crippen molar-refractivity contribution in [3.05, 3.63) is 119 Å². The van der Waals surface area contributed by atoms with Gasteiger partial charge in [-0.2, -0.15) is 0 Å². The van der Waals surface area contributed by atoms with Gasteiger partial charge in [-0.15, -0.1) is 0 Å². The normalized spacial score (nSPS) is 21.1. The number of allylic oxidation sites excluding steroid dienone is 2. The topological polar surface area (TPSA) is 21.3 Å². The highest BCUT2D eigenvalue weighted by Crippen LogP contribution is 2.50. The molecule has 6 rings (SSSR count). The van der Waals surface area contributed by atoms with Gasteiger partial charge in [0.2, 0.25) is 0 Å². The lowest BCUT2D eigenvalue weighted by atomic mass is 9.77. The molecule has 4 aromatic carbocycles. The minimum absolute atomic E-state index is 0.276. The number of fused-ring (bicyclic) bond motifs is 4. The van der Waals surface area contributed by atoms with Crippen molar-refractivity contribution in [3.8, 4) is 5.75 Å². The fourth-order valence-corrected chi connectivity index (χ4v) is 5.34. The van der Waals surface area contributed by atoms with E-state index in [1.54, 1.807) is 0 Å². The summed E-state index contributed by atoms with van der Waals surface area (Å²) in [5, 5.41) is 7.07. The molecule has 0 bridgehead atoms. The Balaban J connectivity index is 1.19. The Labute approximate surface area is 193 Å². The molecule has 0 saturated carbocycles. The first kappa shape index (κ1) is 19.5. The first-order chi connectivity index (χ1) is 15.7. The third kappa shape index (κ3) is 3.55. The summed E-state index contributed by atoms with van der Waals surface area (Å²) in [4.78, 5) is 0. The lowest BCUT2D eigenvalue weighted by Crippen LogP contribution is -2.29. The van der Waals surface area contributed by atoms with Crippen molar-refractivity contribution >= 4 is 28.1 Å². The van der Waals surface area contributed by atoms with Gasteiger partial charge in [-0.1, -0.05) is 72.3 Å². The lowest BCUT2D eigenvalue weighted by molar-refractivity contribution is 0.306. The Morgan fingerprint density at radius 2 is 1.72 bits per heavy atom. The zero-order valence-electron chi connectivity index (χ0n) is 17.7. The molecule has 158 valence electrons. The summed E-state index contributed by atoms with van der Waals surface area (Å²) in [6.45, 7) is 0.564. The average Bonchev–Trinajstić information content (AvgIpc) is 3.33. The quantitative estimate of drug-likeness (QED) is 0.327. The summed E-state index contributed by atoms with van der Waals surface area (Å²) >= 11 is 6.27. The molecule has 0 unspecified atom stereocenters. The number of hydrogen-bond donors (Lipinski definition) is 1. The average molecular weight is 438 g/mol. The second-order valence-corrected chi connectivity index (χ2v) is 9.18. The fourth-order valence-electron chi connectivity index (χ4n) is 5.16. The fraction of sp³-hybridized carbons (Fsp3) is 0.172. The van der Waals surface area contributed by atoms with Crippen molar-refractivity contribution in [2.75, 3.05) is 5.32 Å². The number of rotatable bonds is 4. The van der Waals surface area contributed by atoms with Crippen LogP contribution in [0.3, 0.4) is 0 Å². The van der Waals surface area contributed by atoms with Crippen LogP contribution >= 0.6 is 11.6 Å². The highest BCUT2D eigenvalue weighted by molar-refractivity contribution is 6.30. The summed E-state index contributed by atoms with van der Waals surface area (Å²) in [6.07, 6.45) is 5.73. The van der Waals surface area contributed by atoms with Crippen LogP contribution in [0, 0.1) is 5.92 Å². The number of hydrogen-bond acceptors (Lipinski definition) is 2. The monoisotopic (exact) mass is 437 g/mol. The molecule has 2 aliphatic rings. The maximum Gasteiger partial charge on any atom is 0.119 e. The van der Waals surface area contributed by atoms with Crippen LogP contribution in [-0.2, 0) is 6.61 Å². The smallest absolute Gasteiger partial charge is 0.119 e. The Hall–Kier alpha value is -3.23. The molecule has 2 nitrogen and oxygen atoms in total. The molecule has 1 heterocycles. The third-order valence-corrected chi connectivity index (χ3v) is 7.02. The number of anilines is 1. The van der Waals surface area contributed by atoms with Crippen LogP contribution in [0.5, 0.6) is 5.75 Å². The van der Waals surface area contributed by atoms with Gasteiger partial charge in [-0.05, 0) is 76.2 Å². The number of nitrogens with one attached hydrogen (secondary N) is 1. The number of halogens is 1. The molecule has 3 heteroatoms. The van der Waals surface area contributed by atoms with Crippen LogP contribution in [0.4, 0.5) is 5.69 Å². The van der Waals surface area contributed by atoms with Gasteiger partial charge in [0, 0.05) is 16.6 Å². The highest BCUT2D eigenvalue weighted by atomic mass is 35.5. The minimum Gasteiger partial charge on any atom is -0.489 e. The van der Waals surface area contributed by atoms with E-state index in [9.17, 15) is 0 Å². The van der Waals surface area contributed by atoms with E-state index in [1.807, 2.05) is 6.07 Å². The van der Waals surface area contributed by atoms with E-state index in [2.05, 4.69) is 96.3 Å². The van der Waals surface area contributed by atoms with Crippen molar-refractivity contribution < 1.29 is 4.74 Å². The van der Waals surface area contributed by atoms with Gasteiger partial charge < -0.3 is 10.1 Å². The zero-order chi connectivity index (χ0) is 21.5. The lowest BCUT2D eigenvalue weighted by Gasteiger charge is -2.37. The Bertz CT molecular complexity index is 1310. The van der Waals surface area contributed by atoms with Crippen molar-refractivity contribution in [2.45, 2.75) is 25.0 Å². The van der Waals surface area contributed by atoms with E-state index >= 15 is 0 Å². The van der Waals surface area contributed by atoms with Gasteiger partial charge in [0.1, 0.15) is 12.4 Å². The first-order valence-corrected chi connectivity index (χ1v) is 11.6. The molecule has 1 N–H and O–H groups in total. The highest BCUT2D eigenvalue weighted by Gasteiger charge is 2.37. The van der Waals surface area contributed by atoms with Crippen LogP contribution in [-0.4, -0.2) is 0 Å². The molecule has 0 fully saturated rings. The predicted octanol–water partition coefficient (Wildman–Crippen LogP) is 7.90. The number of ether oxygens (including phenoxy) is 1. The van der Waals surface area contributed by atoms with Crippen LogP contribution in [0.15, 0.2) is 97.1 Å². The summed E-state index contributed by atoms with van der Waals surface area (Å²) in [6, 6.07) is 29.9. The van der Waals surface area contributed by atoms with E-state index in [1.165, 1.54) is 33.2 Å². The minimum atomic E-state index is 0.276. The maximum absolute atomic E-state index is 6.27. The SMILES string of the molecule is Clc1ccc2c(c1)[C@@H]1C=CC[C@@H]1[C@H](c1ccc(OCc3ccc4ccccc4c3)cc1)N2. The molecule has 32 heavy (non-hydrogen) atoms. The van der Waals surface area contributed by atoms with Gasteiger partial charge in [0.25, 0.3) is 0 Å². The third-order valence-electron chi connectivity index (χ3n) is 6.78. The van der Waals surface area contributed by atoms with Crippen LogP contribution < -0.4 is 10.1 Å². The molecule has 0 aromatic heterocycles. The first-order valence-electron chi connectivity index (χ1n) is 11.2. The molecule has 4 aromatic rings. The Kier molecular flexibility index (Phi) is 4.88. The molecule has 0 spiro atoms. The molecule has 3 atom stereocenters. The van der Waals surface area contributed by atoms with E-state index < -0.39 is 0 Å². The summed E-state index contributed by atoms with van der Waals surface area (Å²) in [5.74, 6) is 1.81. The zero-order valence-corrected chi connectivity index (χ0v) is 18.4. The van der Waals surface area contributed by atoms with E-state index in [-0.39, 0.29) is 6.04 Å². The van der Waals surface area contributed by atoms with Gasteiger partial charge in [0.15, 0.2) is 0 Å². The van der Waals surface area contributed by atoms with E-state index in [4.69, 9.17) is 16.3 Å². The molecule has 1 aliphatic heterocycles. The second-order valence-electron chi connectivity index (χ2n) is 8.75. The molecule has 0 saturated heterocycles. The standard InChI is InChI=1S/C29H24ClNO/c30-23-12-15-28-27(17-23)25-6-3-7-26(25)29(31-28)21-10-13-24(14-11-21)32-18-19-8-9-20-4-1-2-5-22(20)16-19/h1-6,8-17,25-26,29,31H,7,18H2/t25-,26+,29+/m1/s1. The molecular formula is C29H24ClNO. The van der Waals surface area contributed by atoms with Gasteiger partial charge in [-0.3, -0.25) is 0 Å². The van der Waals surface area contributed by atoms with Crippen LogP contribution in [0.1, 0.15) is 35.1 Å². The van der Waals surface area contributed by atoms with Crippen molar-refractivity contribution in [2.24, 2.45) is 5.92 Å². The van der Waals surface area contributed by atoms with E-state index in [0.29, 0.717) is 18.4 Å². The summed E-state index contributed by atoms with van der Waals surface area (Å²) in [5.41, 5.74) is 4.96. The van der Waals surface area contributed by atoms with Crippen molar-refractivity contribution in [1.29, 1.82) is 0 Å². The van der Waals surface area contributed by atoms with Crippen LogP contribution in [0.2, 0.25) is 5.02 Å². The Morgan fingerprint density at radius 3 is 2.59 bits per heavy atom. The molecule has 1 aliphatic carbocycles. The van der Waals surface area contributed by atoms with Gasteiger partial charge in [0.05, 0.1) is 6.04 Å². The second kappa shape index (κ2) is 8.03. The largest absolute Gasteiger partial charge is 0.489 e. The van der Waals surface area contributed by atoms with E-state index in [0.717, 1.165) is 17.2 Å². The van der Waals surface area contributed by atoms with Gasteiger partial charge >= 0.3 is 0 Å². The van der Waals surface area contributed by atoms with Crippen molar-refractivity contribution in [1.82, 2.24) is 0 Å². The molecule has 0 amide bonds. The Morgan fingerprint density at radius 1 is 0.875 bits per heavy atom. The van der Waals surface area contributed by atoms with Crippen LogP contribution in [0.25, 0.3) is 10.8 Å². The molecular weight excluding hydrogens is 414 g/mol. The van der Waals surface area contributed by atoms with Crippen molar-refractivity contribution in [3.63, 3.8) is 0 Å².